The van der Waals surface area contributed by atoms with Crippen molar-refractivity contribution in [2.24, 2.45) is 5.73 Å². The first-order chi connectivity index (χ1) is 6.72. The van der Waals surface area contributed by atoms with Crippen molar-refractivity contribution in [1.82, 2.24) is 9.88 Å². The fraction of sp³-hybridized carbons (Fsp3) is 0.700. The van der Waals surface area contributed by atoms with E-state index in [9.17, 15) is 0 Å². The average molecular weight is 195 g/mol. The van der Waals surface area contributed by atoms with Crippen LogP contribution in [0.25, 0.3) is 0 Å². The van der Waals surface area contributed by atoms with E-state index in [0.29, 0.717) is 12.6 Å². The van der Waals surface area contributed by atoms with Crippen molar-refractivity contribution in [3.05, 3.63) is 17.3 Å². The fourth-order valence-corrected chi connectivity index (χ4v) is 2.07. The molecule has 1 aliphatic rings. The third-order valence-electron chi connectivity index (χ3n) is 2.81. The first-order valence-corrected chi connectivity index (χ1v) is 5.09. The Bertz CT molecular complexity index is 321. The van der Waals surface area contributed by atoms with Crippen LogP contribution in [0.3, 0.4) is 0 Å². The summed E-state index contributed by atoms with van der Waals surface area (Å²) in [5.74, 6) is 1.80. The number of aryl methyl sites for hydroxylation is 1. The van der Waals surface area contributed by atoms with Gasteiger partial charge in [-0.1, -0.05) is 0 Å². The van der Waals surface area contributed by atoms with E-state index in [1.807, 2.05) is 6.92 Å². The molecule has 1 aromatic rings. The number of oxazole rings is 1. The summed E-state index contributed by atoms with van der Waals surface area (Å²) in [6.45, 7) is 3.63. The highest BCUT2D eigenvalue weighted by Crippen LogP contribution is 2.30. The Morgan fingerprint density at radius 1 is 1.64 bits per heavy atom. The van der Waals surface area contributed by atoms with Gasteiger partial charge in [-0.2, -0.15) is 0 Å². The molecule has 4 nitrogen and oxygen atoms in total. The number of nitrogens with zero attached hydrogens (tertiary/aromatic N) is 2. The second kappa shape index (κ2) is 3.71. The van der Waals surface area contributed by atoms with E-state index in [-0.39, 0.29) is 0 Å². The first kappa shape index (κ1) is 9.68. The zero-order valence-corrected chi connectivity index (χ0v) is 8.79. The maximum atomic E-state index is 5.63. The molecule has 4 heteroatoms. The Morgan fingerprint density at radius 3 is 3.14 bits per heavy atom. The summed E-state index contributed by atoms with van der Waals surface area (Å²) in [5.41, 5.74) is 6.72. The smallest absolute Gasteiger partial charge is 0.191 e. The minimum Gasteiger partial charge on any atom is -0.444 e. The molecule has 14 heavy (non-hydrogen) atoms. The number of nitrogens with two attached hydrogens (primary N) is 1. The van der Waals surface area contributed by atoms with E-state index in [1.165, 1.54) is 0 Å². The molecule has 1 atom stereocenters. The summed E-state index contributed by atoms with van der Waals surface area (Å²) >= 11 is 0. The second-order valence-corrected chi connectivity index (χ2v) is 3.87. The molecule has 0 aromatic carbocycles. The van der Waals surface area contributed by atoms with E-state index in [2.05, 4.69) is 16.9 Å². The summed E-state index contributed by atoms with van der Waals surface area (Å²) in [4.78, 5) is 6.68. The Morgan fingerprint density at radius 2 is 2.43 bits per heavy atom. The van der Waals surface area contributed by atoms with Crippen LogP contribution in [0, 0.1) is 6.92 Å². The lowest BCUT2D eigenvalue weighted by molar-refractivity contribution is 0.189. The Hall–Kier alpha value is -0.870. The van der Waals surface area contributed by atoms with Gasteiger partial charge in [-0.15, -0.1) is 0 Å². The van der Waals surface area contributed by atoms with Crippen molar-refractivity contribution >= 4 is 0 Å². The van der Waals surface area contributed by atoms with Crippen molar-refractivity contribution in [1.29, 1.82) is 0 Å². The van der Waals surface area contributed by atoms with Gasteiger partial charge in [0.2, 0.25) is 0 Å². The lowest BCUT2D eigenvalue weighted by Gasteiger charge is -2.30. The molecule has 2 rings (SSSR count). The molecule has 1 unspecified atom stereocenters. The van der Waals surface area contributed by atoms with Gasteiger partial charge in [-0.3, -0.25) is 4.90 Å². The Balaban J connectivity index is 2.30. The largest absolute Gasteiger partial charge is 0.444 e. The number of likely N-dealkylation sites (N-methyl/N-ethyl adjacent to an activating group) is 1. The van der Waals surface area contributed by atoms with Gasteiger partial charge in [0.1, 0.15) is 5.76 Å². The highest BCUT2D eigenvalue weighted by Gasteiger charge is 2.28. The maximum Gasteiger partial charge on any atom is 0.191 e. The summed E-state index contributed by atoms with van der Waals surface area (Å²) < 4.78 is 5.63. The third-order valence-corrected chi connectivity index (χ3v) is 2.81. The molecule has 1 aromatic heterocycles. The van der Waals surface area contributed by atoms with Gasteiger partial charge in [0.05, 0.1) is 11.7 Å². The zero-order valence-electron chi connectivity index (χ0n) is 8.79. The van der Waals surface area contributed by atoms with Crippen LogP contribution in [0.1, 0.15) is 29.8 Å². The molecule has 0 aliphatic carbocycles. The maximum absolute atomic E-state index is 5.63. The second-order valence-electron chi connectivity index (χ2n) is 3.87. The highest BCUT2D eigenvalue weighted by atomic mass is 16.4. The molecular weight excluding hydrogens is 178 g/mol. The van der Waals surface area contributed by atoms with Crippen molar-refractivity contribution < 1.29 is 4.42 Å². The molecule has 2 N–H and O–H groups in total. The van der Waals surface area contributed by atoms with Gasteiger partial charge in [-0.05, 0) is 20.0 Å². The van der Waals surface area contributed by atoms with Crippen LogP contribution in [-0.4, -0.2) is 30.0 Å². The molecule has 0 spiro atoms. The molecule has 0 saturated carbocycles. The fourth-order valence-electron chi connectivity index (χ4n) is 2.07. The lowest BCUT2D eigenvalue weighted by Crippen LogP contribution is -2.33. The number of aromatic nitrogens is 1. The van der Waals surface area contributed by atoms with Crippen molar-refractivity contribution in [3.8, 4) is 0 Å². The predicted molar refractivity (Wildman–Crippen MR) is 54.0 cm³/mol. The molecule has 1 aliphatic heterocycles. The molecule has 78 valence electrons. The number of rotatable bonds is 2. The van der Waals surface area contributed by atoms with Gasteiger partial charge in [0.15, 0.2) is 5.89 Å². The molecular formula is C10H17N3O. The molecule has 0 radical (unpaired) electrons. The van der Waals surface area contributed by atoms with Gasteiger partial charge < -0.3 is 10.2 Å². The van der Waals surface area contributed by atoms with Gasteiger partial charge >= 0.3 is 0 Å². The van der Waals surface area contributed by atoms with E-state index in [1.54, 1.807) is 0 Å². The first-order valence-electron chi connectivity index (χ1n) is 5.09. The van der Waals surface area contributed by atoms with Crippen molar-refractivity contribution in [2.45, 2.75) is 25.8 Å². The minimum absolute atomic E-state index is 0.324. The minimum atomic E-state index is 0.324. The van der Waals surface area contributed by atoms with Gasteiger partial charge in [0, 0.05) is 19.9 Å². The van der Waals surface area contributed by atoms with Gasteiger partial charge in [0.25, 0.3) is 0 Å². The molecule has 0 fully saturated rings. The average Bonchev–Trinajstić information content (AvgIpc) is 2.51. The van der Waals surface area contributed by atoms with E-state index >= 15 is 0 Å². The standard InChI is InChI=1S/C10H17N3O/c1-7-12-8-4-6-13(2)9(3-5-11)10(8)14-7/h9H,3-6,11H2,1-2H3. The quantitative estimate of drug-likeness (QED) is 0.760. The van der Waals surface area contributed by atoms with Crippen molar-refractivity contribution in [3.63, 3.8) is 0 Å². The van der Waals surface area contributed by atoms with Crippen LogP contribution >= 0.6 is 0 Å². The molecule has 0 saturated heterocycles. The third kappa shape index (κ3) is 1.55. The van der Waals surface area contributed by atoms with Crippen LogP contribution in [0.5, 0.6) is 0 Å². The van der Waals surface area contributed by atoms with Crippen LogP contribution < -0.4 is 5.73 Å². The topological polar surface area (TPSA) is 55.3 Å². The number of hydrogen-bond acceptors (Lipinski definition) is 4. The summed E-state index contributed by atoms with van der Waals surface area (Å²) in [6.07, 6.45) is 1.93. The normalized spacial score (nSPS) is 22.4. The monoisotopic (exact) mass is 195 g/mol. The van der Waals surface area contributed by atoms with Crippen LogP contribution in [0.2, 0.25) is 0 Å². The molecule has 0 bridgehead atoms. The molecule has 0 amide bonds. The van der Waals surface area contributed by atoms with E-state index in [4.69, 9.17) is 10.2 Å². The number of hydrogen-bond donors (Lipinski definition) is 1. The number of fused-ring (bicyclic) bond motifs is 1. The Kier molecular flexibility index (Phi) is 2.56. The zero-order chi connectivity index (χ0) is 10.1. The summed E-state index contributed by atoms with van der Waals surface area (Å²) in [7, 11) is 2.11. The summed E-state index contributed by atoms with van der Waals surface area (Å²) in [6, 6.07) is 0.324. The van der Waals surface area contributed by atoms with Crippen molar-refractivity contribution in [2.75, 3.05) is 20.1 Å². The van der Waals surface area contributed by atoms with E-state index in [0.717, 1.165) is 36.7 Å². The summed E-state index contributed by atoms with van der Waals surface area (Å²) in [5, 5.41) is 0. The van der Waals surface area contributed by atoms with Crippen LogP contribution in [0.4, 0.5) is 0 Å². The SMILES string of the molecule is Cc1nc2c(o1)C(CCN)N(C)CC2. The Labute approximate surface area is 84.1 Å². The van der Waals surface area contributed by atoms with Crippen LogP contribution in [-0.2, 0) is 6.42 Å². The molecule has 2 heterocycles. The lowest BCUT2D eigenvalue weighted by atomic mass is 10.0. The van der Waals surface area contributed by atoms with Crippen LogP contribution in [0.15, 0.2) is 4.42 Å². The van der Waals surface area contributed by atoms with Gasteiger partial charge in [-0.25, -0.2) is 4.98 Å². The highest BCUT2D eigenvalue weighted by molar-refractivity contribution is 5.17. The predicted octanol–water partition coefficient (Wildman–Crippen LogP) is 0.861. The van der Waals surface area contributed by atoms with E-state index < -0.39 is 0 Å².